The first-order valence-corrected chi connectivity index (χ1v) is 5.67. The maximum Gasteiger partial charge on any atom is 0.372 e. The number of nitrogens with zero attached hydrogens (tertiary/aromatic N) is 5. The molecule has 2 aromatic heterocycles. The summed E-state index contributed by atoms with van der Waals surface area (Å²) in [4.78, 5) is 26.2. The number of rotatable bonds is 5. The van der Waals surface area contributed by atoms with Gasteiger partial charge in [-0.15, -0.1) is 0 Å². The first kappa shape index (κ1) is 13.6. The summed E-state index contributed by atoms with van der Waals surface area (Å²) < 4.78 is 4.86. The van der Waals surface area contributed by atoms with Crippen LogP contribution in [0, 0.1) is 17.0 Å². The minimum absolute atomic E-state index is 0.0816. The van der Waals surface area contributed by atoms with Gasteiger partial charge in [0.15, 0.2) is 0 Å². The van der Waals surface area contributed by atoms with Gasteiger partial charge >= 0.3 is 5.69 Å². The fraction of sp³-hybridized carbons (Fsp3) is 0.273. The summed E-state index contributed by atoms with van der Waals surface area (Å²) in [5.74, 6) is 0.614. The van der Waals surface area contributed by atoms with E-state index < -0.39 is 4.92 Å². The molecule has 2 rings (SSSR count). The average molecular weight is 276 g/mol. The van der Waals surface area contributed by atoms with Crippen molar-refractivity contribution in [1.29, 1.82) is 0 Å². The summed E-state index contributed by atoms with van der Waals surface area (Å²) in [6, 6.07) is 1.71. The lowest BCUT2D eigenvalue weighted by Gasteiger charge is -2.07. The highest BCUT2D eigenvalue weighted by molar-refractivity contribution is 5.61. The normalized spacial score (nSPS) is 10.1. The van der Waals surface area contributed by atoms with Crippen molar-refractivity contribution >= 4 is 11.5 Å². The molecule has 0 aromatic carbocycles. The number of aryl methyl sites for hydroxylation is 1. The van der Waals surface area contributed by atoms with E-state index in [1.807, 2.05) is 0 Å². The Morgan fingerprint density at radius 1 is 1.40 bits per heavy atom. The smallest absolute Gasteiger partial charge is 0.372 e. The van der Waals surface area contributed by atoms with Gasteiger partial charge in [-0.05, 0) is 13.0 Å². The molecule has 0 spiro atoms. The molecule has 0 aliphatic rings. The molecule has 20 heavy (non-hydrogen) atoms. The van der Waals surface area contributed by atoms with Gasteiger partial charge in [0, 0.05) is 6.20 Å². The Bertz CT molecular complexity index is 633. The Balaban J connectivity index is 2.23. The van der Waals surface area contributed by atoms with Crippen molar-refractivity contribution < 1.29 is 9.66 Å². The third-order valence-electron chi connectivity index (χ3n) is 2.44. The first-order chi connectivity index (χ1) is 9.61. The van der Waals surface area contributed by atoms with Crippen molar-refractivity contribution in [2.75, 3.05) is 12.4 Å². The number of nitrogens with one attached hydrogen (secondary N) is 1. The summed E-state index contributed by atoms with van der Waals surface area (Å²) in [6.45, 7) is 2.05. The summed E-state index contributed by atoms with van der Waals surface area (Å²) in [6.07, 6.45) is 2.81. The van der Waals surface area contributed by atoms with Crippen molar-refractivity contribution in [3.8, 4) is 5.88 Å². The number of nitro groups is 1. The van der Waals surface area contributed by atoms with E-state index >= 15 is 0 Å². The zero-order valence-corrected chi connectivity index (χ0v) is 10.9. The van der Waals surface area contributed by atoms with Crippen LogP contribution in [0.25, 0.3) is 0 Å². The molecule has 0 bridgehead atoms. The predicted octanol–water partition coefficient (Wildman–Crippen LogP) is 1.10. The van der Waals surface area contributed by atoms with Gasteiger partial charge in [0.2, 0.25) is 5.82 Å². The van der Waals surface area contributed by atoms with Crippen LogP contribution < -0.4 is 10.1 Å². The molecule has 0 unspecified atom stereocenters. The van der Waals surface area contributed by atoms with Crippen LogP contribution in [0.4, 0.5) is 11.5 Å². The molecule has 9 nitrogen and oxygen atoms in total. The van der Waals surface area contributed by atoms with Gasteiger partial charge in [-0.2, -0.15) is 4.98 Å². The monoisotopic (exact) mass is 276 g/mol. The Morgan fingerprint density at radius 2 is 2.20 bits per heavy atom. The molecule has 9 heteroatoms. The predicted molar refractivity (Wildman–Crippen MR) is 69.3 cm³/mol. The zero-order chi connectivity index (χ0) is 14.5. The minimum atomic E-state index is -0.591. The molecule has 0 saturated carbocycles. The fourth-order valence-electron chi connectivity index (χ4n) is 1.58. The summed E-state index contributed by atoms with van der Waals surface area (Å²) >= 11 is 0. The van der Waals surface area contributed by atoms with Crippen molar-refractivity contribution in [2.45, 2.75) is 13.5 Å². The third kappa shape index (κ3) is 2.94. The van der Waals surface area contributed by atoms with Crippen LogP contribution in [-0.2, 0) is 6.54 Å². The number of aromatic nitrogens is 4. The molecular formula is C11H12N6O3. The molecule has 0 atom stereocenters. The van der Waals surface area contributed by atoms with Crippen LogP contribution in [0.5, 0.6) is 5.88 Å². The van der Waals surface area contributed by atoms with E-state index in [1.165, 1.54) is 13.4 Å². The Labute approximate surface area is 114 Å². The summed E-state index contributed by atoms with van der Waals surface area (Å²) in [5, 5.41) is 13.9. The minimum Gasteiger partial charge on any atom is -0.476 e. The fourth-order valence-corrected chi connectivity index (χ4v) is 1.58. The second-order valence-corrected chi connectivity index (χ2v) is 3.79. The third-order valence-corrected chi connectivity index (χ3v) is 2.44. The Kier molecular flexibility index (Phi) is 3.99. The van der Waals surface area contributed by atoms with Crippen LogP contribution in [0.2, 0.25) is 0 Å². The quantitative estimate of drug-likeness (QED) is 0.637. The average Bonchev–Trinajstić information content (AvgIpc) is 2.44. The summed E-state index contributed by atoms with van der Waals surface area (Å²) in [7, 11) is 1.31. The molecule has 0 radical (unpaired) electrons. The van der Waals surface area contributed by atoms with E-state index in [4.69, 9.17) is 4.74 Å². The standard InChI is InChI=1S/C11H12N6O3/c1-7-12-4-3-8(16-7)5-13-10-9(17(18)19)11(20-2)15-6-14-10/h3-4,6H,5H2,1-2H3,(H,13,14,15). The maximum absolute atomic E-state index is 11.0. The van der Waals surface area contributed by atoms with Crippen molar-refractivity contribution in [3.05, 3.63) is 40.2 Å². The molecule has 0 amide bonds. The molecule has 0 aliphatic heterocycles. The Morgan fingerprint density at radius 3 is 2.85 bits per heavy atom. The summed E-state index contributed by atoms with van der Waals surface area (Å²) in [5.41, 5.74) is 0.394. The number of hydrogen-bond acceptors (Lipinski definition) is 8. The molecule has 0 aliphatic carbocycles. The molecule has 1 N–H and O–H groups in total. The SMILES string of the molecule is COc1ncnc(NCc2ccnc(C)n2)c1[N+](=O)[O-]. The number of anilines is 1. The van der Waals surface area contributed by atoms with Crippen LogP contribution >= 0.6 is 0 Å². The van der Waals surface area contributed by atoms with Gasteiger partial charge < -0.3 is 10.1 Å². The van der Waals surface area contributed by atoms with Crippen molar-refractivity contribution in [1.82, 2.24) is 19.9 Å². The number of hydrogen-bond donors (Lipinski definition) is 1. The van der Waals surface area contributed by atoms with Crippen molar-refractivity contribution in [2.24, 2.45) is 0 Å². The van der Waals surface area contributed by atoms with Crippen molar-refractivity contribution in [3.63, 3.8) is 0 Å². The lowest BCUT2D eigenvalue weighted by Crippen LogP contribution is -2.08. The maximum atomic E-state index is 11.0. The molecule has 2 heterocycles. The van der Waals surface area contributed by atoms with E-state index in [-0.39, 0.29) is 23.9 Å². The van der Waals surface area contributed by atoms with Gasteiger partial charge in [0.25, 0.3) is 5.88 Å². The largest absolute Gasteiger partial charge is 0.476 e. The lowest BCUT2D eigenvalue weighted by atomic mass is 10.3. The van der Waals surface area contributed by atoms with Gasteiger partial charge in [0.1, 0.15) is 12.2 Å². The topological polar surface area (TPSA) is 116 Å². The molecular weight excluding hydrogens is 264 g/mol. The van der Waals surface area contributed by atoms with Crippen LogP contribution in [-0.4, -0.2) is 32.0 Å². The van der Waals surface area contributed by atoms with E-state index in [9.17, 15) is 10.1 Å². The van der Waals surface area contributed by atoms with Crippen LogP contribution in [0.3, 0.4) is 0 Å². The van der Waals surface area contributed by atoms with Gasteiger partial charge in [0.05, 0.1) is 24.3 Å². The molecule has 2 aromatic rings. The Hall–Kier alpha value is -2.84. The van der Waals surface area contributed by atoms with Gasteiger partial charge in [-0.25, -0.2) is 15.0 Å². The van der Waals surface area contributed by atoms with Gasteiger partial charge in [-0.3, -0.25) is 10.1 Å². The highest BCUT2D eigenvalue weighted by atomic mass is 16.6. The number of methoxy groups -OCH3 is 1. The van der Waals surface area contributed by atoms with E-state index in [2.05, 4.69) is 25.3 Å². The second kappa shape index (κ2) is 5.87. The van der Waals surface area contributed by atoms with Crippen LogP contribution in [0.1, 0.15) is 11.5 Å². The molecule has 104 valence electrons. The highest BCUT2D eigenvalue weighted by Gasteiger charge is 2.23. The van der Waals surface area contributed by atoms with E-state index in [1.54, 1.807) is 19.2 Å². The first-order valence-electron chi connectivity index (χ1n) is 5.67. The van der Waals surface area contributed by atoms with E-state index in [0.29, 0.717) is 11.5 Å². The highest BCUT2D eigenvalue weighted by Crippen LogP contribution is 2.30. The number of ether oxygens (including phenoxy) is 1. The lowest BCUT2D eigenvalue weighted by molar-refractivity contribution is -0.385. The van der Waals surface area contributed by atoms with Gasteiger partial charge in [-0.1, -0.05) is 0 Å². The van der Waals surface area contributed by atoms with E-state index in [0.717, 1.165) is 0 Å². The molecule has 0 saturated heterocycles. The molecule has 0 fully saturated rings. The second-order valence-electron chi connectivity index (χ2n) is 3.79. The van der Waals surface area contributed by atoms with Crippen LogP contribution in [0.15, 0.2) is 18.6 Å². The zero-order valence-electron chi connectivity index (χ0n) is 10.9.